The second kappa shape index (κ2) is 5.56. The molecule has 15 heavy (non-hydrogen) atoms. The standard InChI is InChI=1S/C11H17FN2O/c1-8(15)3-2-4-14-11-6-9(12)5-10(13)7-11/h5-8,14-15H,2-4,13H2,1H3. The molecule has 1 aromatic rings. The summed E-state index contributed by atoms with van der Waals surface area (Å²) in [6, 6.07) is 4.37. The van der Waals surface area contributed by atoms with E-state index in [4.69, 9.17) is 10.8 Å². The van der Waals surface area contributed by atoms with Gasteiger partial charge in [-0.3, -0.25) is 0 Å². The number of benzene rings is 1. The third-order valence-corrected chi connectivity index (χ3v) is 2.05. The summed E-state index contributed by atoms with van der Waals surface area (Å²) in [6.45, 7) is 2.45. The van der Waals surface area contributed by atoms with Gasteiger partial charge in [-0.05, 0) is 38.0 Å². The number of halogens is 1. The Morgan fingerprint density at radius 3 is 2.80 bits per heavy atom. The largest absolute Gasteiger partial charge is 0.399 e. The van der Waals surface area contributed by atoms with Crippen LogP contribution in [0, 0.1) is 5.82 Å². The maximum atomic E-state index is 12.9. The fourth-order valence-corrected chi connectivity index (χ4v) is 1.34. The van der Waals surface area contributed by atoms with Crippen LogP contribution < -0.4 is 11.1 Å². The third-order valence-electron chi connectivity index (χ3n) is 2.05. The van der Waals surface area contributed by atoms with E-state index in [1.807, 2.05) is 0 Å². The molecular weight excluding hydrogens is 195 g/mol. The van der Waals surface area contributed by atoms with Crippen LogP contribution in [0.25, 0.3) is 0 Å². The molecule has 3 nitrogen and oxygen atoms in total. The third kappa shape index (κ3) is 4.65. The highest BCUT2D eigenvalue weighted by Crippen LogP contribution is 2.15. The van der Waals surface area contributed by atoms with E-state index < -0.39 is 0 Å². The van der Waals surface area contributed by atoms with Crippen molar-refractivity contribution in [1.29, 1.82) is 0 Å². The Hall–Kier alpha value is -1.29. The Bertz CT molecular complexity index is 295. The minimum atomic E-state index is -0.340. The van der Waals surface area contributed by atoms with Gasteiger partial charge in [-0.25, -0.2) is 4.39 Å². The Morgan fingerprint density at radius 1 is 1.47 bits per heavy atom. The Labute approximate surface area is 89.1 Å². The van der Waals surface area contributed by atoms with Gasteiger partial charge in [-0.1, -0.05) is 0 Å². The first kappa shape index (κ1) is 11.8. The highest BCUT2D eigenvalue weighted by atomic mass is 19.1. The van der Waals surface area contributed by atoms with E-state index in [9.17, 15) is 4.39 Å². The maximum Gasteiger partial charge on any atom is 0.127 e. The molecule has 0 aromatic heterocycles. The summed E-state index contributed by atoms with van der Waals surface area (Å²) in [5, 5.41) is 12.1. The lowest BCUT2D eigenvalue weighted by Gasteiger charge is -2.08. The minimum Gasteiger partial charge on any atom is -0.399 e. The van der Waals surface area contributed by atoms with E-state index >= 15 is 0 Å². The number of nitrogens with one attached hydrogen (secondary N) is 1. The summed E-state index contributed by atoms with van der Waals surface area (Å²) in [4.78, 5) is 0. The lowest BCUT2D eigenvalue weighted by atomic mass is 10.2. The van der Waals surface area contributed by atoms with Gasteiger partial charge in [0.15, 0.2) is 0 Å². The first-order valence-corrected chi connectivity index (χ1v) is 5.06. The van der Waals surface area contributed by atoms with Gasteiger partial charge in [0.25, 0.3) is 0 Å². The van der Waals surface area contributed by atoms with Crippen LogP contribution >= 0.6 is 0 Å². The van der Waals surface area contributed by atoms with Crippen LogP contribution in [0.3, 0.4) is 0 Å². The Kier molecular flexibility index (Phi) is 4.37. The molecule has 4 heteroatoms. The Morgan fingerprint density at radius 2 is 2.20 bits per heavy atom. The van der Waals surface area contributed by atoms with Crippen LogP contribution in [0.2, 0.25) is 0 Å². The lowest BCUT2D eigenvalue weighted by Crippen LogP contribution is -2.06. The summed E-state index contributed by atoms with van der Waals surface area (Å²) >= 11 is 0. The molecule has 0 saturated carbocycles. The molecule has 0 aliphatic heterocycles. The minimum absolute atomic E-state index is 0.288. The van der Waals surface area contributed by atoms with Crippen LogP contribution in [0.5, 0.6) is 0 Å². The number of hydrogen-bond acceptors (Lipinski definition) is 3. The van der Waals surface area contributed by atoms with Crippen molar-refractivity contribution in [3.8, 4) is 0 Å². The number of aliphatic hydroxyl groups is 1. The highest BCUT2D eigenvalue weighted by Gasteiger charge is 1.99. The second-order valence-corrected chi connectivity index (χ2v) is 3.69. The van der Waals surface area contributed by atoms with Crippen molar-refractivity contribution in [1.82, 2.24) is 0 Å². The molecule has 1 rings (SSSR count). The molecule has 1 aromatic carbocycles. The van der Waals surface area contributed by atoms with Gasteiger partial charge in [0, 0.05) is 17.9 Å². The smallest absolute Gasteiger partial charge is 0.127 e. The number of hydrogen-bond donors (Lipinski definition) is 3. The topological polar surface area (TPSA) is 58.3 Å². The molecule has 1 unspecified atom stereocenters. The molecule has 0 saturated heterocycles. The summed E-state index contributed by atoms with van der Waals surface area (Å²) in [7, 11) is 0. The van der Waals surface area contributed by atoms with E-state index in [-0.39, 0.29) is 11.9 Å². The van der Waals surface area contributed by atoms with E-state index in [1.165, 1.54) is 12.1 Å². The second-order valence-electron chi connectivity index (χ2n) is 3.69. The zero-order valence-electron chi connectivity index (χ0n) is 8.83. The molecule has 0 bridgehead atoms. The van der Waals surface area contributed by atoms with E-state index in [0.717, 1.165) is 12.8 Å². The number of aliphatic hydroxyl groups excluding tert-OH is 1. The first-order valence-electron chi connectivity index (χ1n) is 5.06. The average Bonchev–Trinajstić information content (AvgIpc) is 2.10. The van der Waals surface area contributed by atoms with Gasteiger partial charge < -0.3 is 16.2 Å². The number of rotatable bonds is 5. The van der Waals surface area contributed by atoms with Crippen LogP contribution in [-0.2, 0) is 0 Å². The van der Waals surface area contributed by atoms with Crippen molar-refractivity contribution in [3.63, 3.8) is 0 Å². The zero-order valence-corrected chi connectivity index (χ0v) is 8.83. The molecule has 0 spiro atoms. The number of anilines is 2. The van der Waals surface area contributed by atoms with E-state index in [1.54, 1.807) is 13.0 Å². The van der Waals surface area contributed by atoms with Gasteiger partial charge in [-0.2, -0.15) is 0 Å². The van der Waals surface area contributed by atoms with Gasteiger partial charge in [0.05, 0.1) is 6.10 Å². The molecule has 0 fully saturated rings. The van der Waals surface area contributed by atoms with Crippen LogP contribution in [-0.4, -0.2) is 17.8 Å². The fourth-order valence-electron chi connectivity index (χ4n) is 1.34. The van der Waals surface area contributed by atoms with Gasteiger partial charge in [0.1, 0.15) is 5.82 Å². The highest BCUT2D eigenvalue weighted by molar-refractivity contribution is 5.54. The van der Waals surface area contributed by atoms with Crippen LogP contribution in [0.1, 0.15) is 19.8 Å². The molecule has 0 radical (unpaired) electrons. The summed E-state index contributed by atoms with van der Waals surface area (Å²) in [5.41, 5.74) is 6.58. The lowest BCUT2D eigenvalue weighted by molar-refractivity contribution is 0.183. The SMILES string of the molecule is CC(O)CCCNc1cc(N)cc(F)c1. The van der Waals surface area contributed by atoms with Gasteiger partial charge in [0.2, 0.25) is 0 Å². The van der Waals surface area contributed by atoms with E-state index in [0.29, 0.717) is 17.9 Å². The maximum absolute atomic E-state index is 12.9. The number of nitrogen functional groups attached to an aromatic ring is 1. The molecule has 0 heterocycles. The van der Waals surface area contributed by atoms with E-state index in [2.05, 4.69) is 5.32 Å². The summed E-state index contributed by atoms with van der Waals surface area (Å²) in [5.74, 6) is -0.340. The molecule has 4 N–H and O–H groups in total. The average molecular weight is 212 g/mol. The van der Waals surface area contributed by atoms with Crippen molar-refractivity contribution >= 4 is 11.4 Å². The molecular formula is C11H17FN2O. The monoisotopic (exact) mass is 212 g/mol. The molecule has 84 valence electrons. The number of nitrogens with two attached hydrogens (primary N) is 1. The first-order chi connectivity index (χ1) is 7.08. The van der Waals surface area contributed by atoms with Crippen molar-refractivity contribution < 1.29 is 9.50 Å². The summed E-state index contributed by atoms with van der Waals surface area (Å²) in [6.07, 6.45) is 1.29. The molecule has 0 aliphatic carbocycles. The van der Waals surface area contributed by atoms with Crippen molar-refractivity contribution in [2.45, 2.75) is 25.9 Å². The van der Waals surface area contributed by atoms with Gasteiger partial charge in [-0.15, -0.1) is 0 Å². The predicted molar refractivity (Wildman–Crippen MR) is 60.2 cm³/mol. The van der Waals surface area contributed by atoms with Crippen LogP contribution in [0.4, 0.5) is 15.8 Å². The molecule has 1 atom stereocenters. The summed E-state index contributed by atoms with van der Waals surface area (Å²) < 4.78 is 12.9. The Balaban J connectivity index is 2.37. The van der Waals surface area contributed by atoms with Crippen molar-refractivity contribution in [3.05, 3.63) is 24.0 Å². The molecule has 0 aliphatic rings. The molecule has 0 amide bonds. The zero-order chi connectivity index (χ0) is 11.3. The fraction of sp³-hybridized carbons (Fsp3) is 0.455. The normalized spacial score (nSPS) is 12.5. The predicted octanol–water partition coefficient (Wildman–Crippen LogP) is 1.98. The van der Waals surface area contributed by atoms with Crippen LogP contribution in [0.15, 0.2) is 18.2 Å². The van der Waals surface area contributed by atoms with Crippen molar-refractivity contribution in [2.75, 3.05) is 17.6 Å². The quantitative estimate of drug-likeness (QED) is 0.516. The van der Waals surface area contributed by atoms with Gasteiger partial charge >= 0.3 is 0 Å². The van der Waals surface area contributed by atoms with Crippen molar-refractivity contribution in [2.24, 2.45) is 0 Å².